The summed E-state index contributed by atoms with van der Waals surface area (Å²) >= 11 is 5.72. The molecule has 0 amide bonds. The Balaban J connectivity index is 2.81. The van der Waals surface area contributed by atoms with Crippen LogP contribution in [0, 0.1) is 6.92 Å². The summed E-state index contributed by atoms with van der Waals surface area (Å²) in [5, 5.41) is 1.06. The van der Waals surface area contributed by atoms with Crippen LogP contribution in [0.15, 0.2) is 18.2 Å². The number of nitrogens with two attached hydrogens (primary N) is 1. The van der Waals surface area contributed by atoms with Crippen LogP contribution >= 0.6 is 11.6 Å². The smallest absolute Gasteiger partial charge is 0.224 e. The van der Waals surface area contributed by atoms with Crippen molar-refractivity contribution in [3.8, 4) is 0 Å². The molecule has 5 heteroatoms. The van der Waals surface area contributed by atoms with Gasteiger partial charge in [-0.2, -0.15) is 4.98 Å². The predicted molar refractivity (Wildman–Crippen MR) is 57.1 cm³/mol. The minimum Gasteiger partial charge on any atom is -0.308 e. The third-order valence-electron chi connectivity index (χ3n) is 1.96. The zero-order valence-corrected chi connectivity index (χ0v) is 8.34. The lowest BCUT2D eigenvalue weighted by Crippen LogP contribution is -2.09. The van der Waals surface area contributed by atoms with Crippen LogP contribution in [-0.4, -0.2) is 9.97 Å². The second-order valence-corrected chi connectivity index (χ2v) is 3.34. The highest BCUT2D eigenvalue weighted by Crippen LogP contribution is 2.22. The van der Waals surface area contributed by atoms with Gasteiger partial charge in [0.2, 0.25) is 5.28 Å². The molecule has 0 aliphatic carbocycles. The number of aromatic nitrogens is 2. The van der Waals surface area contributed by atoms with Crippen LogP contribution in [0.1, 0.15) is 5.56 Å². The second-order valence-electron chi connectivity index (χ2n) is 3.01. The minimum absolute atomic E-state index is 0.189. The third kappa shape index (κ3) is 1.49. The van der Waals surface area contributed by atoms with Crippen molar-refractivity contribution < 1.29 is 0 Å². The maximum atomic E-state index is 5.72. The molecule has 0 aliphatic heterocycles. The van der Waals surface area contributed by atoms with Gasteiger partial charge in [-0.3, -0.25) is 0 Å². The number of anilines is 1. The summed E-state index contributed by atoms with van der Waals surface area (Å²) in [7, 11) is 0. The van der Waals surface area contributed by atoms with Gasteiger partial charge in [-0.05, 0) is 30.7 Å². The monoisotopic (exact) mass is 208 g/mol. The van der Waals surface area contributed by atoms with Gasteiger partial charge in [0.1, 0.15) is 0 Å². The van der Waals surface area contributed by atoms with Gasteiger partial charge in [-0.25, -0.2) is 10.8 Å². The van der Waals surface area contributed by atoms with Crippen molar-refractivity contribution in [2.75, 3.05) is 5.43 Å². The SMILES string of the molecule is Cc1ccc2nc(Cl)nc(NN)c2c1. The Morgan fingerprint density at radius 2 is 2.14 bits per heavy atom. The molecule has 4 nitrogen and oxygen atoms in total. The largest absolute Gasteiger partial charge is 0.308 e. The van der Waals surface area contributed by atoms with Gasteiger partial charge in [0.25, 0.3) is 0 Å². The van der Waals surface area contributed by atoms with E-state index >= 15 is 0 Å². The van der Waals surface area contributed by atoms with Crippen molar-refractivity contribution >= 4 is 28.3 Å². The van der Waals surface area contributed by atoms with Crippen LogP contribution < -0.4 is 11.3 Å². The molecule has 0 saturated heterocycles. The number of hydrogen-bond acceptors (Lipinski definition) is 4. The molecule has 0 aliphatic rings. The number of rotatable bonds is 1. The van der Waals surface area contributed by atoms with E-state index in [1.807, 2.05) is 25.1 Å². The summed E-state index contributed by atoms with van der Waals surface area (Å²) in [6.07, 6.45) is 0. The third-order valence-corrected chi connectivity index (χ3v) is 2.13. The first-order valence-corrected chi connectivity index (χ1v) is 4.49. The molecule has 1 aromatic carbocycles. The van der Waals surface area contributed by atoms with Crippen LogP contribution in [0.25, 0.3) is 10.9 Å². The Morgan fingerprint density at radius 3 is 2.86 bits per heavy atom. The van der Waals surface area contributed by atoms with Crippen LogP contribution in [-0.2, 0) is 0 Å². The molecular weight excluding hydrogens is 200 g/mol. The molecule has 0 fully saturated rings. The number of nitrogens with one attached hydrogen (secondary N) is 1. The Hall–Kier alpha value is -1.39. The fraction of sp³-hybridized carbons (Fsp3) is 0.111. The highest BCUT2D eigenvalue weighted by molar-refractivity contribution is 6.28. The van der Waals surface area contributed by atoms with E-state index in [4.69, 9.17) is 17.4 Å². The standard InChI is InChI=1S/C9H9ClN4/c1-5-2-3-7-6(4-5)8(14-11)13-9(10)12-7/h2-4H,11H2,1H3,(H,12,13,14). The van der Waals surface area contributed by atoms with Gasteiger partial charge in [-0.1, -0.05) is 11.6 Å². The van der Waals surface area contributed by atoms with Crippen LogP contribution in [0.5, 0.6) is 0 Å². The molecule has 0 bridgehead atoms. The molecule has 0 spiro atoms. The fourth-order valence-electron chi connectivity index (χ4n) is 1.32. The van der Waals surface area contributed by atoms with E-state index in [0.29, 0.717) is 5.82 Å². The number of nitrogens with zero attached hydrogens (tertiary/aromatic N) is 2. The van der Waals surface area contributed by atoms with Crippen LogP contribution in [0.2, 0.25) is 5.28 Å². The van der Waals surface area contributed by atoms with Gasteiger partial charge in [-0.15, -0.1) is 0 Å². The molecule has 1 heterocycles. The average Bonchev–Trinajstić information content (AvgIpc) is 2.17. The van der Waals surface area contributed by atoms with Crippen molar-refractivity contribution in [3.05, 3.63) is 29.0 Å². The van der Waals surface area contributed by atoms with Crippen molar-refractivity contribution in [2.24, 2.45) is 5.84 Å². The number of fused-ring (bicyclic) bond motifs is 1. The number of halogens is 1. The Kier molecular flexibility index (Phi) is 2.23. The Bertz CT molecular complexity index is 483. The van der Waals surface area contributed by atoms with Gasteiger partial charge in [0.05, 0.1) is 5.52 Å². The molecule has 2 rings (SSSR count). The zero-order valence-electron chi connectivity index (χ0n) is 7.58. The van der Waals surface area contributed by atoms with Gasteiger partial charge in [0.15, 0.2) is 5.82 Å². The highest BCUT2D eigenvalue weighted by Gasteiger charge is 2.04. The number of aryl methyl sites for hydroxylation is 1. The van der Waals surface area contributed by atoms with E-state index in [9.17, 15) is 0 Å². The molecule has 0 radical (unpaired) electrons. The first-order chi connectivity index (χ1) is 6.70. The highest BCUT2D eigenvalue weighted by atomic mass is 35.5. The summed E-state index contributed by atoms with van der Waals surface area (Å²) in [6.45, 7) is 1.99. The number of benzene rings is 1. The first-order valence-electron chi connectivity index (χ1n) is 4.11. The topological polar surface area (TPSA) is 63.8 Å². The molecule has 1 aromatic heterocycles. The van der Waals surface area contributed by atoms with Crippen molar-refractivity contribution in [3.63, 3.8) is 0 Å². The van der Waals surface area contributed by atoms with Gasteiger partial charge in [0, 0.05) is 5.39 Å². The normalized spacial score (nSPS) is 10.5. The van der Waals surface area contributed by atoms with E-state index in [1.54, 1.807) is 0 Å². The van der Waals surface area contributed by atoms with E-state index < -0.39 is 0 Å². The van der Waals surface area contributed by atoms with Gasteiger partial charge >= 0.3 is 0 Å². The number of hydrogen-bond donors (Lipinski definition) is 2. The van der Waals surface area contributed by atoms with Crippen molar-refractivity contribution in [1.29, 1.82) is 0 Å². The molecule has 0 unspecified atom stereocenters. The first kappa shape index (κ1) is 9.18. The van der Waals surface area contributed by atoms with Gasteiger partial charge < -0.3 is 5.43 Å². The van der Waals surface area contributed by atoms with E-state index in [-0.39, 0.29) is 5.28 Å². The van der Waals surface area contributed by atoms with Crippen LogP contribution in [0.3, 0.4) is 0 Å². The quantitative estimate of drug-likeness (QED) is 0.427. The summed E-state index contributed by atoms with van der Waals surface area (Å²) in [4.78, 5) is 8.06. The van der Waals surface area contributed by atoms with E-state index in [0.717, 1.165) is 16.5 Å². The minimum atomic E-state index is 0.189. The molecular formula is C9H9ClN4. The maximum Gasteiger partial charge on any atom is 0.224 e. The maximum absolute atomic E-state index is 5.72. The average molecular weight is 209 g/mol. The molecule has 0 saturated carbocycles. The van der Waals surface area contributed by atoms with Crippen molar-refractivity contribution in [1.82, 2.24) is 9.97 Å². The summed E-state index contributed by atoms with van der Waals surface area (Å²) in [5.74, 6) is 5.88. The predicted octanol–water partition coefficient (Wildman–Crippen LogP) is 1.88. The Labute approximate surface area is 86.1 Å². The molecule has 0 atom stereocenters. The van der Waals surface area contributed by atoms with E-state index in [2.05, 4.69) is 15.4 Å². The lowest BCUT2D eigenvalue weighted by molar-refractivity contribution is 1.18. The second kappa shape index (κ2) is 3.40. The molecule has 72 valence electrons. The molecule has 3 N–H and O–H groups in total. The lowest BCUT2D eigenvalue weighted by atomic mass is 10.1. The lowest BCUT2D eigenvalue weighted by Gasteiger charge is -2.05. The summed E-state index contributed by atoms with van der Waals surface area (Å²) in [6, 6.07) is 5.81. The Morgan fingerprint density at radius 1 is 1.36 bits per heavy atom. The van der Waals surface area contributed by atoms with E-state index in [1.165, 1.54) is 0 Å². The summed E-state index contributed by atoms with van der Waals surface area (Å²) in [5.41, 5.74) is 4.41. The molecule has 14 heavy (non-hydrogen) atoms. The summed E-state index contributed by atoms with van der Waals surface area (Å²) < 4.78 is 0. The number of nitrogen functional groups attached to an aromatic ring is 1. The number of hydrazine groups is 1. The fourth-order valence-corrected chi connectivity index (χ4v) is 1.50. The van der Waals surface area contributed by atoms with Crippen molar-refractivity contribution in [2.45, 2.75) is 6.92 Å². The van der Waals surface area contributed by atoms with Crippen LogP contribution in [0.4, 0.5) is 5.82 Å². The molecule has 2 aromatic rings. The zero-order chi connectivity index (χ0) is 10.1.